The number of ether oxygens (including phenoxy) is 2. The van der Waals surface area contributed by atoms with Gasteiger partial charge in [-0.2, -0.15) is 0 Å². The zero-order valence-electron chi connectivity index (χ0n) is 24.9. The van der Waals surface area contributed by atoms with Gasteiger partial charge in [0.25, 0.3) is 0 Å². The second-order valence-electron chi connectivity index (χ2n) is 14.0. The molecule has 6 atom stereocenters. The third kappa shape index (κ3) is 4.90. The Kier molecular flexibility index (Phi) is 7.79. The highest BCUT2D eigenvalue weighted by Gasteiger charge is 2.65. The van der Waals surface area contributed by atoms with Gasteiger partial charge in [0.15, 0.2) is 0 Å². The lowest BCUT2D eigenvalue weighted by Gasteiger charge is -2.57. The van der Waals surface area contributed by atoms with Crippen LogP contribution in [0, 0.1) is 17.3 Å². The maximum Gasteiger partial charge on any atom is 0.134 e. The van der Waals surface area contributed by atoms with Gasteiger partial charge in [0.2, 0.25) is 0 Å². The summed E-state index contributed by atoms with van der Waals surface area (Å²) in [6.45, 7) is 8.03. The summed E-state index contributed by atoms with van der Waals surface area (Å²) >= 11 is 6.72. The molecule has 3 aliphatic carbocycles. The van der Waals surface area contributed by atoms with Crippen molar-refractivity contribution in [2.45, 2.75) is 101 Å². The number of phenolic OH excluding ortho intramolecular Hbond substituents is 1. The Hall–Kier alpha value is -1.75. The van der Waals surface area contributed by atoms with Gasteiger partial charge in [-0.25, -0.2) is 0 Å². The van der Waals surface area contributed by atoms with Gasteiger partial charge in [-0.15, -0.1) is 0 Å². The molecule has 1 spiro atoms. The molecule has 0 amide bonds. The van der Waals surface area contributed by atoms with Crippen molar-refractivity contribution < 1.29 is 14.6 Å². The number of nitrogens with zero attached hydrogens (tertiary/aromatic N) is 1. The van der Waals surface area contributed by atoms with Crippen LogP contribution in [0.2, 0.25) is 5.02 Å². The van der Waals surface area contributed by atoms with Crippen molar-refractivity contribution in [2.75, 3.05) is 32.8 Å². The first-order valence-electron chi connectivity index (χ1n) is 16.6. The predicted octanol–water partition coefficient (Wildman–Crippen LogP) is 8.49. The zero-order valence-corrected chi connectivity index (χ0v) is 25.6. The van der Waals surface area contributed by atoms with Crippen LogP contribution >= 0.6 is 11.6 Å². The number of phenols is 1. The Morgan fingerprint density at radius 1 is 1.00 bits per heavy atom. The largest absolute Gasteiger partial charge is 0.506 e. The molecule has 4 nitrogen and oxygen atoms in total. The van der Waals surface area contributed by atoms with Crippen LogP contribution in [0.4, 0.5) is 0 Å². The molecule has 2 heterocycles. The zero-order chi connectivity index (χ0) is 28.0. The Balaban J connectivity index is 1.11. The van der Waals surface area contributed by atoms with E-state index in [0.29, 0.717) is 28.7 Å². The summed E-state index contributed by atoms with van der Waals surface area (Å²) < 4.78 is 12.9. The first kappa shape index (κ1) is 28.0. The molecule has 0 unspecified atom stereocenters. The van der Waals surface area contributed by atoms with E-state index in [1.54, 1.807) is 0 Å². The molecule has 5 heteroatoms. The van der Waals surface area contributed by atoms with Crippen molar-refractivity contribution >= 4 is 11.6 Å². The van der Waals surface area contributed by atoms with Gasteiger partial charge in [-0.3, -0.25) is 0 Å². The van der Waals surface area contributed by atoms with Crippen LogP contribution in [0.25, 0.3) is 0 Å². The van der Waals surface area contributed by atoms with Crippen LogP contribution in [-0.4, -0.2) is 48.5 Å². The third-order valence-electron chi connectivity index (χ3n) is 12.1. The summed E-state index contributed by atoms with van der Waals surface area (Å²) in [7, 11) is 0. The van der Waals surface area contributed by atoms with Crippen molar-refractivity contribution in [2.24, 2.45) is 17.3 Å². The van der Waals surface area contributed by atoms with E-state index in [1.807, 2.05) is 6.07 Å². The number of fused-ring (bicyclic) bond motifs is 6. The fraction of sp³-hybridized carbons (Fsp3) is 0.667. The molecule has 0 bridgehead atoms. The van der Waals surface area contributed by atoms with E-state index < -0.39 is 0 Å². The molecule has 2 saturated carbocycles. The van der Waals surface area contributed by atoms with E-state index in [-0.39, 0.29) is 16.8 Å². The average Bonchev–Trinajstić information content (AvgIpc) is 3.60. The highest BCUT2D eigenvalue weighted by atomic mass is 35.5. The van der Waals surface area contributed by atoms with Gasteiger partial charge in [-0.05, 0) is 149 Å². The summed E-state index contributed by atoms with van der Waals surface area (Å²) in [5, 5.41) is 11.0. The van der Waals surface area contributed by atoms with Gasteiger partial charge >= 0.3 is 0 Å². The van der Waals surface area contributed by atoms with E-state index in [4.69, 9.17) is 21.1 Å². The highest BCUT2D eigenvalue weighted by Crippen LogP contribution is 2.70. The molecule has 7 rings (SSSR count). The van der Waals surface area contributed by atoms with Gasteiger partial charge in [0.05, 0.1) is 17.2 Å². The minimum Gasteiger partial charge on any atom is -0.506 e. The lowest BCUT2D eigenvalue weighted by Crippen LogP contribution is -2.52. The van der Waals surface area contributed by atoms with Crippen LogP contribution in [0.1, 0.15) is 106 Å². The van der Waals surface area contributed by atoms with E-state index in [2.05, 4.69) is 42.2 Å². The standard InChI is InChI=1S/C36H48ClNO3/c1-35-24-30(25-8-10-26(11-9-25)40-22-6-5-21-38-19-3-2-4-20-38)33-27-14-15-32(39)34(37)28(27)12-13-29(33)31(35)16-18-36(35)17-7-23-41-36/h8-11,14-15,29-31,33,39H,2-7,12-13,16-24H2,1H3/t29-,30+,31-,33+,35-,36-/m0/s1. The molecule has 2 aromatic rings. The van der Waals surface area contributed by atoms with Crippen LogP contribution in [0.15, 0.2) is 36.4 Å². The maximum absolute atomic E-state index is 10.4. The Labute approximate surface area is 251 Å². The molecule has 41 heavy (non-hydrogen) atoms. The molecular weight excluding hydrogens is 530 g/mol. The smallest absolute Gasteiger partial charge is 0.134 e. The molecule has 1 N–H and O–H groups in total. The Bertz CT molecular complexity index is 1220. The molecule has 0 radical (unpaired) electrons. The number of unbranched alkanes of at least 4 members (excludes halogenated alkanes) is 1. The van der Waals surface area contributed by atoms with Gasteiger partial charge < -0.3 is 19.5 Å². The number of rotatable bonds is 7. The van der Waals surface area contributed by atoms with Crippen LogP contribution < -0.4 is 4.74 Å². The average molecular weight is 578 g/mol. The van der Waals surface area contributed by atoms with E-state index in [9.17, 15) is 5.11 Å². The SMILES string of the molecule is C[C@]12C[C@H](c3ccc(OCCCCN4CCCCC4)cc3)[C@@H]3c4ccc(O)c(Cl)c4CC[C@H]3[C@@H]1CC[C@@]21CCCO1. The van der Waals surface area contributed by atoms with Crippen LogP contribution in [-0.2, 0) is 11.2 Å². The quantitative estimate of drug-likeness (QED) is 0.335. The monoisotopic (exact) mass is 577 g/mol. The lowest BCUT2D eigenvalue weighted by molar-refractivity contribution is -0.119. The first-order valence-corrected chi connectivity index (χ1v) is 17.0. The van der Waals surface area contributed by atoms with Crippen LogP contribution in [0.5, 0.6) is 11.5 Å². The summed E-state index contributed by atoms with van der Waals surface area (Å²) in [5.74, 6) is 3.32. The fourth-order valence-corrected chi connectivity index (χ4v) is 10.4. The topological polar surface area (TPSA) is 41.9 Å². The van der Waals surface area contributed by atoms with Gasteiger partial charge in [0.1, 0.15) is 11.5 Å². The van der Waals surface area contributed by atoms with Crippen molar-refractivity contribution in [3.63, 3.8) is 0 Å². The normalized spacial score (nSPS) is 34.8. The first-order chi connectivity index (χ1) is 20.0. The van der Waals surface area contributed by atoms with Gasteiger partial charge in [0, 0.05) is 12.0 Å². The number of piperidine rings is 1. The van der Waals surface area contributed by atoms with Crippen LogP contribution in [0.3, 0.4) is 0 Å². The number of benzene rings is 2. The number of aromatic hydroxyl groups is 1. The van der Waals surface area contributed by atoms with Gasteiger partial charge in [-0.1, -0.05) is 43.1 Å². The minimum absolute atomic E-state index is 0.0466. The number of likely N-dealkylation sites (tertiary alicyclic amines) is 1. The van der Waals surface area contributed by atoms with Crippen molar-refractivity contribution in [1.82, 2.24) is 4.90 Å². The predicted molar refractivity (Wildman–Crippen MR) is 165 cm³/mol. The number of halogens is 1. The van der Waals surface area contributed by atoms with E-state index in [1.165, 1.54) is 87.7 Å². The molecule has 2 aliphatic heterocycles. The molecular formula is C36H48ClNO3. The van der Waals surface area contributed by atoms with Crippen molar-refractivity contribution in [3.05, 3.63) is 58.1 Å². The summed E-state index contributed by atoms with van der Waals surface area (Å²) in [6, 6.07) is 13.1. The summed E-state index contributed by atoms with van der Waals surface area (Å²) in [6.07, 6.45) is 14.6. The highest BCUT2D eigenvalue weighted by molar-refractivity contribution is 6.32. The summed E-state index contributed by atoms with van der Waals surface area (Å²) in [5.41, 5.74) is 4.20. The summed E-state index contributed by atoms with van der Waals surface area (Å²) in [4.78, 5) is 2.61. The lowest BCUT2D eigenvalue weighted by atomic mass is 9.49. The Morgan fingerprint density at radius 2 is 1.83 bits per heavy atom. The molecule has 0 aromatic heterocycles. The second kappa shape index (κ2) is 11.4. The van der Waals surface area contributed by atoms with E-state index in [0.717, 1.165) is 44.6 Å². The molecule has 2 saturated heterocycles. The van der Waals surface area contributed by atoms with E-state index >= 15 is 0 Å². The number of hydrogen-bond acceptors (Lipinski definition) is 4. The Morgan fingerprint density at radius 3 is 2.61 bits per heavy atom. The maximum atomic E-state index is 10.4. The van der Waals surface area contributed by atoms with Crippen molar-refractivity contribution in [1.29, 1.82) is 0 Å². The van der Waals surface area contributed by atoms with Crippen molar-refractivity contribution in [3.8, 4) is 11.5 Å². The fourth-order valence-electron chi connectivity index (χ4n) is 10.1. The minimum atomic E-state index is 0.0466. The molecule has 222 valence electrons. The molecule has 5 aliphatic rings. The second-order valence-corrected chi connectivity index (χ2v) is 14.4. The third-order valence-corrected chi connectivity index (χ3v) is 12.5. The molecule has 2 aromatic carbocycles. The number of hydrogen-bond donors (Lipinski definition) is 1. The molecule has 4 fully saturated rings.